The first kappa shape index (κ1) is 10.6. The van der Waals surface area contributed by atoms with Crippen molar-refractivity contribution in [2.24, 2.45) is 0 Å². The molecule has 0 saturated carbocycles. The second kappa shape index (κ2) is 3.69. The van der Waals surface area contributed by atoms with Gasteiger partial charge in [-0.2, -0.15) is 13.2 Å². The highest BCUT2D eigenvalue weighted by atomic mass is 19.4. The molecule has 0 spiro atoms. The molecular weight excluding hydrogens is 195 g/mol. The maximum absolute atomic E-state index is 12.1. The Balaban J connectivity index is 2.95. The van der Waals surface area contributed by atoms with Gasteiger partial charge in [0, 0.05) is 12.7 Å². The maximum Gasteiger partial charge on any atom is 0.416 e. The topological polar surface area (TPSA) is 20.3 Å². The lowest BCUT2D eigenvalue weighted by atomic mass is 10.2. The quantitative estimate of drug-likeness (QED) is 0.673. The van der Waals surface area contributed by atoms with Gasteiger partial charge in [0.2, 0.25) is 0 Å². The van der Waals surface area contributed by atoms with E-state index >= 15 is 0 Å². The van der Waals surface area contributed by atoms with Crippen molar-refractivity contribution in [3.05, 3.63) is 29.8 Å². The first-order valence-corrected chi connectivity index (χ1v) is 3.74. The van der Waals surface area contributed by atoms with Crippen molar-refractivity contribution in [3.63, 3.8) is 0 Å². The lowest BCUT2D eigenvalue weighted by molar-refractivity contribution is -0.137. The molecule has 0 atom stereocenters. The molecule has 0 aromatic heterocycles. The number of anilines is 1. The molecule has 0 unspecified atom stereocenters. The fourth-order valence-corrected chi connectivity index (χ4v) is 0.927. The third-order valence-corrected chi connectivity index (χ3v) is 1.72. The number of benzene rings is 1. The Labute approximate surface area is 78.9 Å². The van der Waals surface area contributed by atoms with Gasteiger partial charge in [-0.05, 0) is 24.3 Å². The van der Waals surface area contributed by atoms with Crippen molar-refractivity contribution in [2.45, 2.75) is 6.18 Å². The molecule has 75 valence electrons. The molecule has 0 aliphatic heterocycles. The van der Waals surface area contributed by atoms with Crippen LogP contribution in [0.25, 0.3) is 0 Å². The van der Waals surface area contributed by atoms with Gasteiger partial charge in [-0.3, -0.25) is 4.79 Å². The lowest BCUT2D eigenvalue weighted by Gasteiger charge is -2.11. The van der Waals surface area contributed by atoms with Crippen molar-refractivity contribution in [1.82, 2.24) is 0 Å². The SMILES string of the molecule is CN([C]=O)c1ccc(C(F)(F)F)cc1. The van der Waals surface area contributed by atoms with Gasteiger partial charge in [-0.1, -0.05) is 0 Å². The fourth-order valence-electron chi connectivity index (χ4n) is 0.927. The van der Waals surface area contributed by atoms with Crippen LogP contribution in [-0.4, -0.2) is 13.5 Å². The van der Waals surface area contributed by atoms with E-state index in [1.165, 1.54) is 19.2 Å². The Morgan fingerprint density at radius 2 is 1.71 bits per heavy atom. The van der Waals surface area contributed by atoms with Crippen LogP contribution in [0, 0.1) is 0 Å². The molecular formula is C9H7F3NO. The summed E-state index contributed by atoms with van der Waals surface area (Å²) < 4.78 is 36.3. The van der Waals surface area contributed by atoms with Crippen LogP contribution in [0.1, 0.15) is 5.56 Å². The average Bonchev–Trinajstić information content (AvgIpc) is 2.15. The Bertz CT molecular complexity index is 318. The standard InChI is InChI=1S/C9H7F3NO/c1-13(6-14)8-4-2-7(3-5-8)9(10,11)12/h2-5H,1H3. The second-order valence-electron chi connectivity index (χ2n) is 2.69. The molecule has 0 fully saturated rings. The molecule has 0 bridgehead atoms. The molecule has 5 heteroatoms. The van der Waals surface area contributed by atoms with Crippen molar-refractivity contribution >= 4 is 12.1 Å². The third-order valence-electron chi connectivity index (χ3n) is 1.72. The summed E-state index contributed by atoms with van der Waals surface area (Å²) in [5, 5.41) is 0. The zero-order chi connectivity index (χ0) is 10.8. The molecule has 0 saturated heterocycles. The Kier molecular flexibility index (Phi) is 2.78. The van der Waals surface area contributed by atoms with Crippen molar-refractivity contribution < 1.29 is 18.0 Å². The smallest absolute Gasteiger partial charge is 0.307 e. The van der Waals surface area contributed by atoms with Crippen molar-refractivity contribution in [2.75, 3.05) is 11.9 Å². The minimum atomic E-state index is -4.35. The van der Waals surface area contributed by atoms with Crippen LogP contribution >= 0.6 is 0 Å². The summed E-state index contributed by atoms with van der Waals surface area (Å²) in [6.07, 6.45) is -2.80. The summed E-state index contributed by atoms with van der Waals surface area (Å²) in [4.78, 5) is 11.2. The van der Waals surface area contributed by atoms with E-state index in [1.807, 2.05) is 0 Å². The Hall–Kier alpha value is -1.52. The molecule has 0 aliphatic carbocycles. The number of hydrogen-bond acceptors (Lipinski definition) is 1. The molecule has 1 rings (SSSR count). The Morgan fingerprint density at radius 1 is 1.21 bits per heavy atom. The highest BCUT2D eigenvalue weighted by Gasteiger charge is 2.29. The zero-order valence-corrected chi connectivity index (χ0v) is 7.30. The number of amides is 1. The van der Waals surface area contributed by atoms with E-state index in [-0.39, 0.29) is 0 Å². The van der Waals surface area contributed by atoms with Crippen LogP contribution in [0.2, 0.25) is 0 Å². The van der Waals surface area contributed by atoms with Crippen LogP contribution in [-0.2, 0) is 11.0 Å². The summed E-state index contributed by atoms with van der Waals surface area (Å²) in [6.45, 7) is 0. The van der Waals surface area contributed by atoms with Crippen LogP contribution < -0.4 is 4.90 Å². The molecule has 0 aliphatic rings. The van der Waals surface area contributed by atoms with E-state index in [0.29, 0.717) is 5.69 Å². The molecule has 1 amide bonds. The lowest BCUT2D eigenvalue weighted by Crippen LogP contribution is -2.14. The first-order chi connectivity index (χ1) is 6.45. The monoisotopic (exact) mass is 202 g/mol. The summed E-state index contributed by atoms with van der Waals surface area (Å²) in [5.41, 5.74) is -0.367. The molecule has 2 nitrogen and oxygen atoms in total. The number of alkyl halides is 3. The van der Waals surface area contributed by atoms with E-state index in [4.69, 9.17) is 0 Å². The first-order valence-electron chi connectivity index (χ1n) is 3.74. The van der Waals surface area contributed by atoms with E-state index in [2.05, 4.69) is 0 Å². The zero-order valence-electron chi connectivity index (χ0n) is 7.30. The number of nitrogens with zero attached hydrogens (tertiary/aromatic N) is 1. The molecule has 14 heavy (non-hydrogen) atoms. The van der Waals surface area contributed by atoms with Gasteiger partial charge in [0.1, 0.15) is 0 Å². The molecule has 1 aromatic carbocycles. The van der Waals surface area contributed by atoms with Crippen molar-refractivity contribution in [3.8, 4) is 0 Å². The molecule has 0 N–H and O–H groups in total. The van der Waals surface area contributed by atoms with Gasteiger partial charge < -0.3 is 4.90 Å². The largest absolute Gasteiger partial charge is 0.416 e. The minimum Gasteiger partial charge on any atom is -0.307 e. The molecule has 1 radical (unpaired) electrons. The van der Waals surface area contributed by atoms with Gasteiger partial charge in [-0.15, -0.1) is 0 Å². The summed E-state index contributed by atoms with van der Waals surface area (Å²) in [6, 6.07) is 4.27. The number of halogens is 3. The fraction of sp³-hybridized carbons (Fsp3) is 0.222. The normalized spacial score (nSPS) is 11.1. The summed E-state index contributed by atoms with van der Waals surface area (Å²) >= 11 is 0. The Morgan fingerprint density at radius 3 is 2.07 bits per heavy atom. The van der Waals surface area contributed by atoms with Crippen molar-refractivity contribution in [1.29, 1.82) is 0 Å². The van der Waals surface area contributed by atoms with Gasteiger partial charge in [0.05, 0.1) is 5.56 Å². The highest BCUT2D eigenvalue weighted by Crippen LogP contribution is 2.30. The maximum atomic E-state index is 12.1. The predicted octanol–water partition coefficient (Wildman–Crippen LogP) is 2.21. The third kappa shape index (κ3) is 2.25. The van der Waals surface area contributed by atoms with Gasteiger partial charge >= 0.3 is 12.6 Å². The van der Waals surface area contributed by atoms with E-state index in [9.17, 15) is 18.0 Å². The van der Waals surface area contributed by atoms with Crippen LogP contribution in [0.5, 0.6) is 0 Å². The summed E-state index contributed by atoms with van der Waals surface area (Å²) in [7, 11) is 1.41. The number of hydrogen-bond donors (Lipinski definition) is 0. The van der Waals surface area contributed by atoms with Crippen LogP contribution in [0.4, 0.5) is 18.9 Å². The second-order valence-corrected chi connectivity index (χ2v) is 2.69. The van der Waals surface area contributed by atoms with Gasteiger partial charge in [0.25, 0.3) is 0 Å². The highest BCUT2D eigenvalue weighted by molar-refractivity contribution is 5.74. The number of rotatable bonds is 2. The number of carbonyl (C=O) groups excluding carboxylic acids is 1. The summed E-state index contributed by atoms with van der Waals surface area (Å²) in [5.74, 6) is 0. The van der Waals surface area contributed by atoms with Gasteiger partial charge in [-0.25, -0.2) is 0 Å². The van der Waals surface area contributed by atoms with E-state index < -0.39 is 11.7 Å². The van der Waals surface area contributed by atoms with Crippen LogP contribution in [0.3, 0.4) is 0 Å². The minimum absolute atomic E-state index is 0.369. The van der Waals surface area contributed by atoms with Gasteiger partial charge in [0.15, 0.2) is 0 Å². The van der Waals surface area contributed by atoms with Crippen LogP contribution in [0.15, 0.2) is 24.3 Å². The van der Waals surface area contributed by atoms with E-state index in [0.717, 1.165) is 17.0 Å². The molecule has 0 heterocycles. The average molecular weight is 202 g/mol. The van der Waals surface area contributed by atoms with E-state index in [1.54, 1.807) is 6.41 Å². The molecule has 1 aromatic rings. The predicted molar refractivity (Wildman–Crippen MR) is 45.5 cm³/mol.